The van der Waals surface area contributed by atoms with Crippen molar-refractivity contribution in [1.82, 2.24) is 0 Å². The minimum Gasteiger partial charge on any atom is -0.0599 e. The molecule has 0 amide bonds. The highest BCUT2D eigenvalue weighted by atomic mass is 14.2. The van der Waals surface area contributed by atoms with Crippen molar-refractivity contribution >= 4 is 0 Å². The number of rotatable bonds is 0. The zero-order chi connectivity index (χ0) is 19.1. The molecule has 0 aromatic rings. The molecule has 1 aliphatic rings. The van der Waals surface area contributed by atoms with E-state index in [4.69, 9.17) is 0 Å². The molecule has 0 nitrogen and oxygen atoms in total. The first-order valence-electron chi connectivity index (χ1n) is 12.4. The summed E-state index contributed by atoms with van der Waals surface area (Å²) in [6.45, 7) is 10.0. The molecule has 0 unspecified atom stereocenters. The molecule has 0 heteroatoms. The van der Waals surface area contributed by atoms with Gasteiger partial charge < -0.3 is 0 Å². The maximum Gasteiger partial charge on any atom is -0.0354 e. The Labute approximate surface area is 167 Å². The Morgan fingerprint density at radius 3 is 0.615 bits per heavy atom. The van der Waals surface area contributed by atoms with Gasteiger partial charge in [0.1, 0.15) is 0 Å². The summed E-state index contributed by atoms with van der Waals surface area (Å²) in [6.07, 6.45) is 29.3. The molecule has 0 atom stereocenters. The summed E-state index contributed by atoms with van der Waals surface area (Å²) < 4.78 is 0. The van der Waals surface area contributed by atoms with Crippen LogP contribution in [0.1, 0.15) is 156 Å². The van der Waals surface area contributed by atoms with Gasteiger partial charge in [-0.1, -0.05) is 130 Å². The number of hydrogen-bond donors (Lipinski definition) is 0. The average Bonchev–Trinajstić information content (AvgIpc) is 2.57. The lowest BCUT2D eigenvalue weighted by Gasteiger charge is -2.25. The van der Waals surface area contributed by atoms with Crippen molar-refractivity contribution in [3.8, 4) is 0 Å². The van der Waals surface area contributed by atoms with E-state index in [9.17, 15) is 0 Å². The van der Waals surface area contributed by atoms with Crippen LogP contribution in [0.3, 0.4) is 0 Å². The van der Waals surface area contributed by atoms with E-state index in [1.54, 1.807) is 0 Å². The maximum absolute atomic E-state index is 2.51. The normalized spacial score (nSPS) is 26.3. The second-order valence-corrected chi connectivity index (χ2v) is 11.0. The van der Waals surface area contributed by atoms with Gasteiger partial charge in [-0.25, -0.2) is 0 Å². The van der Waals surface area contributed by atoms with Crippen molar-refractivity contribution in [2.75, 3.05) is 0 Å². The Bertz CT molecular complexity index is 252. The maximum atomic E-state index is 2.51. The van der Waals surface area contributed by atoms with Crippen LogP contribution in [0.15, 0.2) is 0 Å². The van der Waals surface area contributed by atoms with Gasteiger partial charge >= 0.3 is 0 Å². The molecule has 0 aromatic carbocycles. The molecule has 1 fully saturated rings. The molecule has 0 heterocycles. The largest absolute Gasteiger partial charge is 0.0599 e. The summed E-state index contributed by atoms with van der Waals surface area (Å²) in [5.41, 5.74) is 1.17. The predicted octanol–water partition coefficient (Wildman–Crippen LogP) is 9.85. The van der Waals surface area contributed by atoms with Crippen LogP contribution in [0.5, 0.6) is 0 Å². The molecular formula is C26H52. The van der Waals surface area contributed by atoms with Crippen molar-refractivity contribution in [3.63, 3.8) is 0 Å². The Morgan fingerprint density at radius 2 is 0.423 bits per heavy atom. The zero-order valence-electron chi connectivity index (χ0n) is 19.1. The van der Waals surface area contributed by atoms with Crippen molar-refractivity contribution in [2.24, 2.45) is 10.8 Å². The van der Waals surface area contributed by atoms with E-state index in [1.165, 1.54) is 128 Å². The molecule has 0 aliphatic heterocycles. The van der Waals surface area contributed by atoms with Crippen molar-refractivity contribution < 1.29 is 0 Å². The highest BCUT2D eigenvalue weighted by molar-refractivity contribution is 4.70. The molecule has 26 heavy (non-hydrogen) atoms. The fourth-order valence-corrected chi connectivity index (χ4v) is 4.79. The molecule has 0 spiro atoms. The summed E-state index contributed by atoms with van der Waals surface area (Å²) in [7, 11) is 0. The van der Waals surface area contributed by atoms with E-state index in [-0.39, 0.29) is 0 Å². The third-order valence-corrected chi connectivity index (χ3v) is 6.91. The molecule has 1 aliphatic carbocycles. The molecule has 0 radical (unpaired) electrons. The van der Waals surface area contributed by atoms with Crippen LogP contribution in [0.2, 0.25) is 0 Å². The summed E-state index contributed by atoms with van der Waals surface area (Å²) in [5.74, 6) is 0. The second kappa shape index (κ2) is 14.1. The minimum atomic E-state index is 0.587. The molecule has 156 valence electrons. The lowest BCUT2D eigenvalue weighted by molar-refractivity contribution is 0.277. The Morgan fingerprint density at radius 1 is 0.269 bits per heavy atom. The van der Waals surface area contributed by atoms with Crippen LogP contribution in [0.25, 0.3) is 0 Å². The van der Waals surface area contributed by atoms with Gasteiger partial charge in [-0.2, -0.15) is 0 Å². The first kappa shape index (κ1) is 24.0. The molecular weight excluding hydrogens is 312 g/mol. The van der Waals surface area contributed by atoms with E-state index in [1.807, 2.05) is 0 Å². The van der Waals surface area contributed by atoms with E-state index >= 15 is 0 Å². The fourth-order valence-electron chi connectivity index (χ4n) is 4.79. The van der Waals surface area contributed by atoms with Crippen LogP contribution in [0, 0.1) is 10.8 Å². The van der Waals surface area contributed by atoms with Crippen LogP contribution in [-0.2, 0) is 0 Å². The van der Waals surface area contributed by atoms with E-state index < -0.39 is 0 Å². The topological polar surface area (TPSA) is 0 Å². The second-order valence-electron chi connectivity index (χ2n) is 11.0. The van der Waals surface area contributed by atoms with Crippen LogP contribution in [-0.4, -0.2) is 0 Å². The molecule has 0 bridgehead atoms. The van der Waals surface area contributed by atoms with E-state index in [0.29, 0.717) is 10.8 Å². The number of hydrogen-bond acceptors (Lipinski definition) is 0. The standard InChI is InChI=1S/C26H52/c1-25(2)21-17-13-9-5-7-11-15-19-23-26(3,4)24-20-16-12-8-6-10-14-18-22-25/h5-24H2,1-4H3. The summed E-state index contributed by atoms with van der Waals surface area (Å²) in [4.78, 5) is 0. The quantitative estimate of drug-likeness (QED) is 0.401. The van der Waals surface area contributed by atoms with Gasteiger partial charge in [0, 0.05) is 0 Å². The average molecular weight is 365 g/mol. The lowest BCUT2D eigenvalue weighted by Crippen LogP contribution is -2.11. The first-order chi connectivity index (χ1) is 12.4. The Kier molecular flexibility index (Phi) is 13.0. The summed E-state index contributed by atoms with van der Waals surface area (Å²) >= 11 is 0. The molecule has 1 rings (SSSR count). The third kappa shape index (κ3) is 14.1. The van der Waals surface area contributed by atoms with Gasteiger partial charge in [-0.05, 0) is 36.5 Å². The smallest absolute Gasteiger partial charge is 0.0354 e. The van der Waals surface area contributed by atoms with E-state index in [0.717, 1.165) is 0 Å². The van der Waals surface area contributed by atoms with Crippen molar-refractivity contribution in [3.05, 3.63) is 0 Å². The summed E-state index contributed by atoms with van der Waals surface area (Å²) in [6, 6.07) is 0. The minimum absolute atomic E-state index is 0.587. The van der Waals surface area contributed by atoms with E-state index in [2.05, 4.69) is 27.7 Å². The summed E-state index contributed by atoms with van der Waals surface area (Å²) in [5, 5.41) is 0. The Balaban J connectivity index is 2.27. The van der Waals surface area contributed by atoms with Gasteiger partial charge in [0.25, 0.3) is 0 Å². The van der Waals surface area contributed by atoms with Crippen molar-refractivity contribution in [1.29, 1.82) is 0 Å². The SMILES string of the molecule is CC1(C)CCCCCCCCCCC(C)(C)CCCCCCCCCC1. The molecule has 0 aromatic heterocycles. The van der Waals surface area contributed by atoms with Crippen molar-refractivity contribution in [2.45, 2.75) is 156 Å². The highest BCUT2D eigenvalue weighted by Gasteiger charge is 2.17. The van der Waals surface area contributed by atoms with Gasteiger partial charge in [0.05, 0.1) is 0 Å². The monoisotopic (exact) mass is 364 g/mol. The van der Waals surface area contributed by atoms with Crippen LogP contribution < -0.4 is 0 Å². The first-order valence-corrected chi connectivity index (χ1v) is 12.4. The molecule has 0 N–H and O–H groups in total. The lowest BCUT2D eigenvalue weighted by atomic mass is 9.81. The van der Waals surface area contributed by atoms with Gasteiger partial charge in [-0.15, -0.1) is 0 Å². The van der Waals surface area contributed by atoms with Crippen LogP contribution in [0.4, 0.5) is 0 Å². The van der Waals surface area contributed by atoms with Gasteiger partial charge in [-0.3, -0.25) is 0 Å². The zero-order valence-corrected chi connectivity index (χ0v) is 19.1. The van der Waals surface area contributed by atoms with Crippen LogP contribution >= 0.6 is 0 Å². The third-order valence-electron chi connectivity index (χ3n) is 6.91. The van der Waals surface area contributed by atoms with Gasteiger partial charge in [0.15, 0.2) is 0 Å². The van der Waals surface area contributed by atoms with Gasteiger partial charge in [0.2, 0.25) is 0 Å². The fraction of sp³-hybridized carbons (Fsp3) is 1.00. The highest BCUT2D eigenvalue weighted by Crippen LogP contribution is 2.32. The Hall–Kier alpha value is 0. The molecule has 1 saturated carbocycles. The molecule has 0 saturated heterocycles. The predicted molar refractivity (Wildman–Crippen MR) is 120 cm³/mol.